The first-order valence-electron chi connectivity index (χ1n) is 5.82. The average molecular weight is 239 g/mol. The monoisotopic (exact) mass is 239 g/mol. The van der Waals surface area contributed by atoms with Gasteiger partial charge in [0.15, 0.2) is 0 Å². The fourth-order valence-corrected chi connectivity index (χ4v) is 2.71. The maximum atomic E-state index is 13.1. The molecule has 0 amide bonds. The van der Waals surface area contributed by atoms with E-state index in [2.05, 4.69) is 11.6 Å². The fraction of sp³-hybridized carbons (Fsp3) is 0.538. The quantitative estimate of drug-likeness (QED) is 0.792. The maximum absolute atomic E-state index is 13.1. The highest BCUT2D eigenvalue weighted by Crippen LogP contribution is 2.31. The van der Waals surface area contributed by atoms with Crippen LogP contribution in [-0.2, 0) is 6.42 Å². The lowest BCUT2D eigenvalue weighted by atomic mass is 10.1. The molecule has 1 aromatic rings. The van der Waals surface area contributed by atoms with Crippen LogP contribution in [0.1, 0.15) is 30.0 Å². The van der Waals surface area contributed by atoms with E-state index in [4.69, 9.17) is 0 Å². The lowest BCUT2D eigenvalue weighted by molar-refractivity contribution is 0.527. The Kier molecular flexibility index (Phi) is 4.24. The SMILES string of the molecule is CSCCCNC1CCc2ccc(F)cc21. The largest absolute Gasteiger partial charge is 0.310 e. The number of fused-ring (bicyclic) bond motifs is 1. The molecule has 0 saturated carbocycles. The average Bonchev–Trinajstić information content (AvgIpc) is 2.67. The number of benzene rings is 1. The molecule has 88 valence electrons. The van der Waals surface area contributed by atoms with E-state index in [1.807, 2.05) is 17.8 Å². The van der Waals surface area contributed by atoms with Gasteiger partial charge in [0.2, 0.25) is 0 Å². The standard InChI is InChI=1S/C13H18FNS/c1-16-8-2-7-15-13-6-4-10-3-5-11(14)9-12(10)13/h3,5,9,13,15H,2,4,6-8H2,1H3. The van der Waals surface area contributed by atoms with E-state index in [0.29, 0.717) is 6.04 Å². The van der Waals surface area contributed by atoms with Gasteiger partial charge >= 0.3 is 0 Å². The maximum Gasteiger partial charge on any atom is 0.123 e. The van der Waals surface area contributed by atoms with Gasteiger partial charge < -0.3 is 5.32 Å². The van der Waals surface area contributed by atoms with E-state index in [0.717, 1.165) is 19.4 Å². The minimum absolute atomic E-state index is 0.114. The number of rotatable bonds is 5. The molecule has 16 heavy (non-hydrogen) atoms. The summed E-state index contributed by atoms with van der Waals surface area (Å²) in [7, 11) is 0. The molecule has 1 atom stereocenters. The third-order valence-electron chi connectivity index (χ3n) is 3.10. The summed E-state index contributed by atoms with van der Waals surface area (Å²) in [6, 6.07) is 5.55. The Morgan fingerprint density at radius 2 is 2.38 bits per heavy atom. The van der Waals surface area contributed by atoms with E-state index >= 15 is 0 Å². The molecule has 0 heterocycles. The van der Waals surface area contributed by atoms with Crippen LogP contribution in [0.5, 0.6) is 0 Å². The van der Waals surface area contributed by atoms with Crippen LogP contribution in [0.3, 0.4) is 0 Å². The number of nitrogens with one attached hydrogen (secondary N) is 1. The van der Waals surface area contributed by atoms with Crippen LogP contribution in [-0.4, -0.2) is 18.6 Å². The third kappa shape index (κ3) is 2.77. The summed E-state index contributed by atoms with van der Waals surface area (Å²) in [4.78, 5) is 0. The van der Waals surface area contributed by atoms with E-state index in [1.165, 1.54) is 23.3 Å². The number of hydrogen-bond acceptors (Lipinski definition) is 2. The molecule has 1 unspecified atom stereocenters. The molecule has 0 aromatic heterocycles. The Hall–Kier alpha value is -0.540. The van der Waals surface area contributed by atoms with Crippen LogP contribution in [0, 0.1) is 5.82 Å². The van der Waals surface area contributed by atoms with Crippen molar-refractivity contribution in [3.05, 3.63) is 35.1 Å². The molecule has 0 spiro atoms. The van der Waals surface area contributed by atoms with Crippen molar-refractivity contribution in [1.29, 1.82) is 0 Å². The van der Waals surface area contributed by atoms with Crippen LogP contribution in [0.4, 0.5) is 4.39 Å². The number of aryl methyl sites for hydroxylation is 1. The third-order valence-corrected chi connectivity index (χ3v) is 3.80. The molecule has 1 N–H and O–H groups in total. The van der Waals surface area contributed by atoms with Gasteiger partial charge in [0, 0.05) is 6.04 Å². The molecule has 2 rings (SSSR count). The molecule has 0 aliphatic heterocycles. The number of halogens is 1. The van der Waals surface area contributed by atoms with Gasteiger partial charge in [-0.25, -0.2) is 4.39 Å². The molecule has 0 saturated heterocycles. The molecule has 1 nitrogen and oxygen atoms in total. The van der Waals surface area contributed by atoms with Crippen LogP contribution in [0.25, 0.3) is 0 Å². The highest BCUT2D eigenvalue weighted by molar-refractivity contribution is 7.98. The molecular formula is C13H18FNS. The normalized spacial score (nSPS) is 18.8. The molecular weight excluding hydrogens is 221 g/mol. The van der Waals surface area contributed by atoms with Crippen LogP contribution in [0.15, 0.2) is 18.2 Å². The first kappa shape index (κ1) is 11.9. The summed E-state index contributed by atoms with van der Waals surface area (Å²) in [5, 5.41) is 3.52. The molecule has 0 bridgehead atoms. The smallest absolute Gasteiger partial charge is 0.123 e. The van der Waals surface area contributed by atoms with Gasteiger partial charge in [-0.1, -0.05) is 6.07 Å². The highest BCUT2D eigenvalue weighted by atomic mass is 32.2. The Balaban J connectivity index is 1.92. The summed E-state index contributed by atoms with van der Waals surface area (Å²) in [5.74, 6) is 1.08. The molecule has 0 radical (unpaired) electrons. The highest BCUT2D eigenvalue weighted by Gasteiger charge is 2.21. The van der Waals surface area contributed by atoms with Crippen LogP contribution >= 0.6 is 11.8 Å². The van der Waals surface area contributed by atoms with Gasteiger partial charge in [0.25, 0.3) is 0 Å². The zero-order chi connectivity index (χ0) is 11.4. The van der Waals surface area contributed by atoms with Crippen molar-refractivity contribution in [1.82, 2.24) is 5.32 Å². The zero-order valence-electron chi connectivity index (χ0n) is 9.63. The van der Waals surface area contributed by atoms with E-state index < -0.39 is 0 Å². The molecule has 1 aliphatic rings. The summed E-state index contributed by atoms with van der Waals surface area (Å²) in [6.07, 6.45) is 5.50. The van der Waals surface area contributed by atoms with Crippen molar-refractivity contribution in [2.45, 2.75) is 25.3 Å². The van der Waals surface area contributed by atoms with Gasteiger partial charge in [-0.3, -0.25) is 0 Å². The molecule has 0 fully saturated rings. The second kappa shape index (κ2) is 5.69. The van der Waals surface area contributed by atoms with E-state index in [1.54, 1.807) is 12.1 Å². The van der Waals surface area contributed by atoms with E-state index in [9.17, 15) is 4.39 Å². The van der Waals surface area contributed by atoms with Gasteiger partial charge in [0.05, 0.1) is 0 Å². The summed E-state index contributed by atoms with van der Waals surface area (Å²) >= 11 is 1.87. The van der Waals surface area contributed by atoms with Crippen molar-refractivity contribution in [2.75, 3.05) is 18.6 Å². The topological polar surface area (TPSA) is 12.0 Å². The molecule has 1 aliphatic carbocycles. The van der Waals surface area contributed by atoms with Crippen molar-refractivity contribution < 1.29 is 4.39 Å². The summed E-state index contributed by atoms with van der Waals surface area (Å²) in [6.45, 7) is 1.03. The van der Waals surface area contributed by atoms with Gasteiger partial charge in [-0.2, -0.15) is 11.8 Å². The lowest BCUT2D eigenvalue weighted by Crippen LogP contribution is -2.20. The first-order valence-corrected chi connectivity index (χ1v) is 7.21. The molecule has 3 heteroatoms. The summed E-state index contributed by atoms with van der Waals surface area (Å²) in [5.41, 5.74) is 2.48. The minimum atomic E-state index is -0.114. The molecule has 1 aromatic carbocycles. The second-order valence-corrected chi connectivity index (χ2v) is 5.22. The Morgan fingerprint density at radius 1 is 1.50 bits per heavy atom. The Morgan fingerprint density at radius 3 is 3.19 bits per heavy atom. The second-order valence-electron chi connectivity index (χ2n) is 4.23. The van der Waals surface area contributed by atoms with Gasteiger partial charge in [-0.05, 0) is 61.1 Å². The minimum Gasteiger partial charge on any atom is -0.310 e. The number of thioether (sulfide) groups is 1. The summed E-state index contributed by atoms with van der Waals surface area (Å²) < 4.78 is 13.1. The predicted molar refractivity (Wildman–Crippen MR) is 68.5 cm³/mol. The lowest BCUT2D eigenvalue weighted by Gasteiger charge is -2.13. The first-order chi connectivity index (χ1) is 7.81. The van der Waals surface area contributed by atoms with Gasteiger partial charge in [-0.15, -0.1) is 0 Å². The van der Waals surface area contributed by atoms with E-state index in [-0.39, 0.29) is 5.82 Å². The zero-order valence-corrected chi connectivity index (χ0v) is 10.4. The predicted octanol–water partition coefficient (Wildman–Crippen LogP) is 3.16. The van der Waals surface area contributed by atoms with Crippen molar-refractivity contribution in [3.8, 4) is 0 Å². The van der Waals surface area contributed by atoms with Crippen LogP contribution < -0.4 is 5.32 Å². The van der Waals surface area contributed by atoms with Crippen LogP contribution in [0.2, 0.25) is 0 Å². The van der Waals surface area contributed by atoms with Crippen molar-refractivity contribution >= 4 is 11.8 Å². The Labute approximate surface area is 101 Å². The van der Waals surface area contributed by atoms with Crippen molar-refractivity contribution in [2.24, 2.45) is 0 Å². The Bertz CT molecular complexity index is 354. The number of hydrogen-bond donors (Lipinski definition) is 1. The van der Waals surface area contributed by atoms with Crippen molar-refractivity contribution in [3.63, 3.8) is 0 Å². The fourth-order valence-electron chi connectivity index (χ4n) is 2.28. The van der Waals surface area contributed by atoms with Gasteiger partial charge in [0.1, 0.15) is 5.82 Å².